The highest BCUT2D eigenvalue weighted by Gasteiger charge is 2.21. The highest BCUT2D eigenvalue weighted by molar-refractivity contribution is 7.15. The van der Waals surface area contributed by atoms with Crippen molar-refractivity contribution in [2.45, 2.75) is 27.7 Å². The lowest BCUT2D eigenvalue weighted by atomic mass is 10.1. The molecule has 2 amide bonds. The fourth-order valence-corrected chi connectivity index (χ4v) is 3.65. The molecule has 1 aromatic carbocycles. The number of nitrogens with one attached hydrogen (secondary N) is 1. The summed E-state index contributed by atoms with van der Waals surface area (Å²) in [6, 6.07) is 5.40. The van der Waals surface area contributed by atoms with Crippen LogP contribution < -0.4 is 5.32 Å². The van der Waals surface area contributed by atoms with Crippen LogP contribution in [0.4, 0.5) is 10.8 Å². The number of nitro groups is 1. The van der Waals surface area contributed by atoms with Crippen LogP contribution in [0.15, 0.2) is 24.3 Å². The maximum Gasteiger partial charge on any atom is 0.269 e. The number of likely N-dealkylation sites (N-methyl/N-ethyl adjacent to an activating group) is 1. The largest absolute Gasteiger partial charge is 0.328 e. The molecule has 9 nitrogen and oxygen atoms in total. The molecule has 1 heterocycles. The Bertz CT molecular complexity index is 874. The van der Waals surface area contributed by atoms with Crippen molar-refractivity contribution in [3.8, 4) is 0 Å². The zero-order valence-electron chi connectivity index (χ0n) is 17.7. The van der Waals surface area contributed by atoms with Crippen LogP contribution in [0.25, 0.3) is 0 Å². The molecule has 0 spiro atoms. The number of non-ortho nitro benzene ring substituents is 1. The van der Waals surface area contributed by atoms with Crippen LogP contribution in [-0.4, -0.2) is 64.2 Å². The fraction of sp³-hybridized carbons (Fsp3) is 0.450. The number of anilines is 1. The molecule has 162 valence electrons. The van der Waals surface area contributed by atoms with E-state index >= 15 is 0 Å². The summed E-state index contributed by atoms with van der Waals surface area (Å²) in [7, 11) is 0. The van der Waals surface area contributed by atoms with Crippen molar-refractivity contribution in [1.82, 2.24) is 14.8 Å². The molecule has 0 unspecified atom stereocenters. The molecule has 0 radical (unpaired) electrons. The van der Waals surface area contributed by atoms with Gasteiger partial charge in [-0.1, -0.05) is 13.8 Å². The van der Waals surface area contributed by atoms with E-state index in [0.717, 1.165) is 23.7 Å². The second-order valence-corrected chi connectivity index (χ2v) is 7.97. The van der Waals surface area contributed by atoms with Gasteiger partial charge in [0, 0.05) is 35.7 Å². The van der Waals surface area contributed by atoms with Crippen LogP contribution in [0, 0.1) is 24.0 Å². The summed E-state index contributed by atoms with van der Waals surface area (Å²) in [6.45, 7) is 10.4. The van der Waals surface area contributed by atoms with E-state index in [-0.39, 0.29) is 24.0 Å². The van der Waals surface area contributed by atoms with Gasteiger partial charge in [-0.2, -0.15) is 0 Å². The lowest BCUT2D eigenvalue weighted by Crippen LogP contribution is -2.42. The number of aromatic nitrogens is 1. The molecule has 0 fully saturated rings. The summed E-state index contributed by atoms with van der Waals surface area (Å²) in [6.07, 6.45) is 0. The number of nitro benzene ring substituents is 1. The van der Waals surface area contributed by atoms with Crippen molar-refractivity contribution in [3.63, 3.8) is 0 Å². The van der Waals surface area contributed by atoms with E-state index in [9.17, 15) is 19.7 Å². The first-order valence-electron chi connectivity index (χ1n) is 9.75. The van der Waals surface area contributed by atoms with E-state index in [4.69, 9.17) is 0 Å². The lowest BCUT2D eigenvalue weighted by molar-refractivity contribution is -0.384. The molecule has 1 aromatic heterocycles. The first-order valence-corrected chi connectivity index (χ1v) is 10.6. The highest BCUT2D eigenvalue weighted by Crippen LogP contribution is 2.21. The molecule has 0 aliphatic rings. The van der Waals surface area contributed by atoms with Crippen LogP contribution in [0.2, 0.25) is 0 Å². The zero-order chi connectivity index (χ0) is 22.3. The third-order valence-electron chi connectivity index (χ3n) is 4.80. The first kappa shape index (κ1) is 23.4. The van der Waals surface area contributed by atoms with Gasteiger partial charge >= 0.3 is 0 Å². The molecule has 10 heteroatoms. The Morgan fingerprint density at radius 3 is 2.27 bits per heavy atom. The molecule has 2 aromatic rings. The first-order chi connectivity index (χ1) is 14.2. The van der Waals surface area contributed by atoms with Crippen molar-refractivity contribution in [1.29, 1.82) is 0 Å². The van der Waals surface area contributed by atoms with E-state index in [1.165, 1.54) is 40.5 Å². The summed E-state index contributed by atoms with van der Waals surface area (Å²) < 4.78 is 0. The SMILES string of the molecule is CCN(CC)CCN(CC(=O)Nc1nc(C)c(C)s1)C(=O)c1ccc([N+](=O)[O-])cc1. The normalized spacial score (nSPS) is 10.8. The number of hydrogen-bond acceptors (Lipinski definition) is 7. The van der Waals surface area contributed by atoms with Gasteiger partial charge in [-0.15, -0.1) is 11.3 Å². The van der Waals surface area contributed by atoms with Crippen molar-refractivity contribution in [2.24, 2.45) is 0 Å². The second kappa shape index (κ2) is 10.8. The minimum absolute atomic E-state index is 0.0894. The van der Waals surface area contributed by atoms with Crippen LogP contribution in [0.1, 0.15) is 34.8 Å². The van der Waals surface area contributed by atoms with E-state index in [0.29, 0.717) is 23.8 Å². The number of carbonyl (C=O) groups is 2. The summed E-state index contributed by atoms with van der Waals surface area (Å²) in [5, 5.41) is 14.1. The minimum Gasteiger partial charge on any atom is -0.328 e. The Morgan fingerprint density at radius 1 is 1.13 bits per heavy atom. The molecule has 0 saturated carbocycles. The Labute approximate surface area is 179 Å². The average Bonchev–Trinajstić information content (AvgIpc) is 3.03. The van der Waals surface area contributed by atoms with Gasteiger partial charge < -0.3 is 15.1 Å². The smallest absolute Gasteiger partial charge is 0.269 e. The number of benzene rings is 1. The van der Waals surface area contributed by atoms with Gasteiger partial charge in [0.1, 0.15) is 6.54 Å². The molecule has 30 heavy (non-hydrogen) atoms. The van der Waals surface area contributed by atoms with Crippen molar-refractivity contribution in [3.05, 3.63) is 50.5 Å². The van der Waals surface area contributed by atoms with Crippen LogP contribution in [-0.2, 0) is 4.79 Å². The number of carbonyl (C=O) groups excluding carboxylic acids is 2. The number of nitrogens with zero attached hydrogens (tertiary/aromatic N) is 4. The van der Waals surface area contributed by atoms with E-state index < -0.39 is 4.92 Å². The Hall–Kier alpha value is -2.85. The Morgan fingerprint density at radius 2 is 1.77 bits per heavy atom. The van der Waals surface area contributed by atoms with Crippen molar-refractivity contribution < 1.29 is 14.5 Å². The van der Waals surface area contributed by atoms with Gasteiger partial charge in [0.2, 0.25) is 5.91 Å². The number of amides is 2. The van der Waals surface area contributed by atoms with Crippen LogP contribution in [0.5, 0.6) is 0 Å². The minimum atomic E-state index is -0.516. The summed E-state index contributed by atoms with van der Waals surface area (Å²) >= 11 is 1.39. The molecule has 0 atom stereocenters. The molecular weight excluding hydrogens is 406 g/mol. The molecule has 0 aliphatic heterocycles. The average molecular weight is 434 g/mol. The molecule has 2 rings (SSSR count). The third-order valence-corrected chi connectivity index (χ3v) is 5.79. The second-order valence-electron chi connectivity index (χ2n) is 6.77. The molecular formula is C20H27N5O4S. The fourth-order valence-electron chi connectivity index (χ4n) is 2.82. The van der Waals surface area contributed by atoms with Crippen LogP contribution >= 0.6 is 11.3 Å². The predicted octanol–water partition coefficient (Wildman–Crippen LogP) is 3.09. The summed E-state index contributed by atoms with van der Waals surface area (Å²) in [5.41, 5.74) is 1.07. The number of hydrogen-bond donors (Lipinski definition) is 1. The number of aryl methyl sites for hydroxylation is 2. The Balaban J connectivity index is 2.14. The third kappa shape index (κ3) is 6.33. The summed E-state index contributed by atoms with van der Waals surface area (Å²) in [5.74, 6) is -0.683. The standard InChI is InChI=1S/C20H27N5O4S/c1-5-23(6-2)11-12-24(13-18(26)22-20-21-14(3)15(4)30-20)19(27)16-7-9-17(10-8-16)25(28)29/h7-10H,5-6,11-13H2,1-4H3,(H,21,22,26). The van der Waals surface area contributed by atoms with Gasteiger partial charge in [-0.05, 0) is 39.1 Å². The van der Waals surface area contributed by atoms with Crippen LogP contribution in [0.3, 0.4) is 0 Å². The highest BCUT2D eigenvalue weighted by atomic mass is 32.1. The van der Waals surface area contributed by atoms with Gasteiger partial charge in [0.25, 0.3) is 11.6 Å². The topological polar surface area (TPSA) is 109 Å². The van der Waals surface area contributed by atoms with Crippen molar-refractivity contribution >= 4 is 34.0 Å². The van der Waals surface area contributed by atoms with Gasteiger partial charge in [0.05, 0.1) is 10.6 Å². The molecule has 0 aliphatic carbocycles. The monoisotopic (exact) mass is 433 g/mol. The van der Waals surface area contributed by atoms with E-state index in [1.807, 2.05) is 27.7 Å². The predicted molar refractivity (Wildman–Crippen MR) is 117 cm³/mol. The zero-order valence-corrected chi connectivity index (χ0v) is 18.5. The maximum atomic E-state index is 13.0. The lowest BCUT2D eigenvalue weighted by Gasteiger charge is -2.26. The van der Waals surface area contributed by atoms with Gasteiger partial charge in [-0.3, -0.25) is 19.7 Å². The van der Waals surface area contributed by atoms with E-state index in [1.54, 1.807) is 0 Å². The van der Waals surface area contributed by atoms with Gasteiger partial charge in [-0.25, -0.2) is 4.98 Å². The quantitative estimate of drug-likeness (QED) is 0.456. The molecule has 0 bridgehead atoms. The van der Waals surface area contributed by atoms with E-state index in [2.05, 4.69) is 15.2 Å². The molecule has 0 saturated heterocycles. The maximum absolute atomic E-state index is 13.0. The van der Waals surface area contributed by atoms with Crippen molar-refractivity contribution in [2.75, 3.05) is 38.0 Å². The number of rotatable bonds is 10. The van der Waals surface area contributed by atoms with Gasteiger partial charge in [0.15, 0.2) is 5.13 Å². The molecule has 1 N–H and O–H groups in total. The summed E-state index contributed by atoms with van der Waals surface area (Å²) in [4.78, 5) is 44.8. The Kier molecular flexibility index (Phi) is 8.43. The number of thiazole rings is 1.